The van der Waals surface area contributed by atoms with Crippen molar-refractivity contribution in [1.29, 1.82) is 0 Å². The fraction of sp³-hybridized carbons (Fsp3) is 0.0400. The molecule has 0 radical (unpaired) electrons. The number of hydrogen-bond acceptors (Lipinski definition) is 0. The number of nitrogens with zero attached hydrogens (tertiary/aromatic N) is 1. The van der Waals surface area contributed by atoms with E-state index in [9.17, 15) is 0 Å². The second-order valence-corrected chi connectivity index (χ2v) is 23.1. The van der Waals surface area contributed by atoms with Gasteiger partial charge in [-0.2, -0.15) is 0 Å². The van der Waals surface area contributed by atoms with E-state index in [0.717, 1.165) is 0 Å². The molecule has 1 aliphatic rings. The molecule has 2 heterocycles. The molecule has 3 heteroatoms. The van der Waals surface area contributed by atoms with Gasteiger partial charge in [-0.25, -0.2) is 0 Å². The van der Waals surface area contributed by atoms with Crippen LogP contribution >= 0.6 is 0 Å². The topological polar surface area (TPSA) is 4.93 Å². The van der Waals surface area contributed by atoms with E-state index in [2.05, 4.69) is 218 Å². The Morgan fingerprint density at radius 2 is 0.943 bits per heavy atom. The van der Waals surface area contributed by atoms with Crippen LogP contribution in [0.1, 0.15) is 0 Å². The molecule has 0 saturated carbocycles. The van der Waals surface area contributed by atoms with Crippen molar-refractivity contribution in [3.63, 3.8) is 0 Å². The second kappa shape index (κ2) is 12.3. The van der Waals surface area contributed by atoms with Crippen LogP contribution in [0.5, 0.6) is 0 Å². The summed E-state index contributed by atoms with van der Waals surface area (Å²) in [6.45, 7) is 4.98. The van der Waals surface area contributed by atoms with Gasteiger partial charge in [0.05, 0.1) is 11.0 Å². The molecule has 53 heavy (non-hydrogen) atoms. The predicted octanol–water partition coefficient (Wildman–Crippen LogP) is 8.63. The Hall–Kier alpha value is -6.01. The summed E-state index contributed by atoms with van der Waals surface area (Å²) in [5.74, 6) is 0. The zero-order chi connectivity index (χ0) is 35.6. The van der Waals surface area contributed by atoms with Gasteiger partial charge in [-0.1, -0.05) is 183 Å². The highest BCUT2D eigenvalue weighted by Crippen LogP contribution is 2.34. The SMILES string of the molecule is C[Si]1(C)c2ccccc2-c2cc(-c3cccc([Si](c4ccccc4)(c4ccccc4)c4ccc5c(c4)c4ccccc4n5-c4ccccc4)c3)ccc21. The van der Waals surface area contributed by atoms with Gasteiger partial charge in [-0.3, -0.25) is 0 Å². The summed E-state index contributed by atoms with van der Waals surface area (Å²) in [6, 6.07) is 75.4. The second-order valence-electron chi connectivity index (χ2n) is 14.9. The summed E-state index contributed by atoms with van der Waals surface area (Å²) >= 11 is 0. The minimum atomic E-state index is -2.84. The van der Waals surface area contributed by atoms with E-state index in [0.29, 0.717) is 0 Å². The predicted molar refractivity (Wildman–Crippen MR) is 232 cm³/mol. The molecule has 1 nitrogen and oxygen atoms in total. The molecule has 0 saturated heterocycles. The first-order valence-corrected chi connectivity index (χ1v) is 23.6. The largest absolute Gasteiger partial charge is 0.309 e. The van der Waals surface area contributed by atoms with Gasteiger partial charge in [0.15, 0.2) is 8.07 Å². The van der Waals surface area contributed by atoms with Gasteiger partial charge in [0, 0.05) is 16.5 Å². The summed E-state index contributed by atoms with van der Waals surface area (Å²) in [6.07, 6.45) is 0. The summed E-state index contributed by atoms with van der Waals surface area (Å²) in [5, 5.41) is 11.2. The minimum absolute atomic E-state index is 1.18. The van der Waals surface area contributed by atoms with Crippen LogP contribution in [-0.4, -0.2) is 20.7 Å². The van der Waals surface area contributed by atoms with Gasteiger partial charge in [0.2, 0.25) is 0 Å². The molecule has 252 valence electrons. The highest BCUT2D eigenvalue weighted by molar-refractivity contribution is 7.20. The van der Waals surface area contributed by atoms with Crippen LogP contribution < -0.4 is 31.1 Å². The highest BCUT2D eigenvalue weighted by atomic mass is 28.3. The molecule has 1 aliphatic heterocycles. The van der Waals surface area contributed by atoms with Crippen molar-refractivity contribution in [1.82, 2.24) is 4.57 Å². The van der Waals surface area contributed by atoms with E-state index in [-0.39, 0.29) is 0 Å². The molecule has 0 aliphatic carbocycles. The zero-order valence-electron chi connectivity index (χ0n) is 30.0. The van der Waals surface area contributed by atoms with E-state index in [1.54, 1.807) is 10.4 Å². The lowest BCUT2D eigenvalue weighted by molar-refractivity contribution is 1.18. The third-order valence-electron chi connectivity index (χ3n) is 11.7. The third-order valence-corrected chi connectivity index (χ3v) is 20.1. The standard InChI is InChI=1S/C50H39NSi2/c1-52(2)49-28-15-13-26-44(49)46-34-37(29-32-50(46)52)36-17-16-24-41(33-36)53(39-20-8-4-9-21-39,40-22-10-5-11-23-40)42-30-31-48-45(35-42)43-25-12-14-27-47(43)51(48)38-18-6-3-7-19-38/h3-35H,1-2H3. The van der Waals surface area contributed by atoms with Crippen molar-refractivity contribution >= 4 is 69.1 Å². The zero-order valence-corrected chi connectivity index (χ0v) is 32.0. The van der Waals surface area contributed by atoms with Crippen LogP contribution in [-0.2, 0) is 0 Å². The van der Waals surface area contributed by atoms with Crippen LogP contribution in [0.2, 0.25) is 13.1 Å². The minimum Gasteiger partial charge on any atom is -0.309 e. The quantitative estimate of drug-likeness (QED) is 0.120. The molecule has 10 rings (SSSR count). The molecule has 0 atom stereocenters. The Labute approximate surface area is 313 Å². The van der Waals surface area contributed by atoms with E-state index >= 15 is 0 Å². The monoisotopic (exact) mass is 709 g/mol. The molecule has 0 spiro atoms. The van der Waals surface area contributed by atoms with Gasteiger partial charge in [-0.15, -0.1) is 0 Å². The van der Waals surface area contributed by atoms with Gasteiger partial charge < -0.3 is 4.57 Å². The molecule has 0 N–H and O–H groups in total. The Bertz CT molecular complexity index is 2760. The van der Waals surface area contributed by atoms with Crippen LogP contribution in [0.25, 0.3) is 49.7 Å². The maximum absolute atomic E-state index is 2.84. The average Bonchev–Trinajstić information content (AvgIpc) is 3.67. The summed E-state index contributed by atoms with van der Waals surface area (Å²) in [5.41, 5.74) is 8.99. The van der Waals surface area contributed by atoms with Gasteiger partial charge >= 0.3 is 0 Å². The number of para-hydroxylation sites is 2. The van der Waals surface area contributed by atoms with Crippen LogP contribution in [0.3, 0.4) is 0 Å². The van der Waals surface area contributed by atoms with Crippen molar-refractivity contribution < 1.29 is 0 Å². The fourth-order valence-corrected chi connectivity index (χ4v) is 17.1. The summed E-state index contributed by atoms with van der Waals surface area (Å²) < 4.78 is 2.42. The molecular formula is C50H39NSi2. The first-order chi connectivity index (χ1) is 26.0. The molecule has 0 bridgehead atoms. The number of fused-ring (bicyclic) bond motifs is 6. The molecule has 1 aromatic heterocycles. The Morgan fingerprint density at radius 1 is 0.377 bits per heavy atom. The first kappa shape index (κ1) is 31.7. The van der Waals surface area contributed by atoms with Crippen molar-refractivity contribution in [2.45, 2.75) is 13.1 Å². The molecule has 9 aromatic rings. The van der Waals surface area contributed by atoms with E-state index in [1.807, 2.05) is 0 Å². The lowest BCUT2D eigenvalue weighted by Crippen LogP contribution is -2.74. The normalized spacial score (nSPS) is 13.2. The van der Waals surface area contributed by atoms with E-state index in [1.165, 1.54) is 70.5 Å². The average molecular weight is 710 g/mol. The Kier molecular flexibility index (Phi) is 7.36. The smallest absolute Gasteiger partial charge is 0.179 e. The van der Waals surface area contributed by atoms with Crippen LogP contribution in [0, 0.1) is 0 Å². The number of benzene rings is 8. The Balaban J connectivity index is 1.24. The van der Waals surface area contributed by atoms with Gasteiger partial charge in [-0.05, 0) is 83.7 Å². The highest BCUT2D eigenvalue weighted by Gasteiger charge is 2.42. The van der Waals surface area contributed by atoms with Crippen LogP contribution in [0.4, 0.5) is 0 Å². The number of hydrogen-bond donors (Lipinski definition) is 0. The first-order valence-electron chi connectivity index (χ1n) is 18.6. The molecule has 0 amide bonds. The third kappa shape index (κ3) is 4.81. The fourth-order valence-electron chi connectivity index (χ4n) is 9.27. The molecule has 0 fully saturated rings. The molecule has 0 unspecified atom stereocenters. The van der Waals surface area contributed by atoms with Gasteiger partial charge in [0.1, 0.15) is 8.07 Å². The lowest BCUT2D eigenvalue weighted by Gasteiger charge is -2.35. The van der Waals surface area contributed by atoms with E-state index in [4.69, 9.17) is 0 Å². The summed E-state index contributed by atoms with van der Waals surface area (Å²) in [4.78, 5) is 0. The van der Waals surface area contributed by atoms with E-state index < -0.39 is 16.1 Å². The maximum atomic E-state index is 2.52. The van der Waals surface area contributed by atoms with Crippen molar-refractivity contribution in [2.75, 3.05) is 0 Å². The van der Waals surface area contributed by atoms with Crippen LogP contribution in [0.15, 0.2) is 200 Å². The maximum Gasteiger partial charge on any atom is 0.179 e. The van der Waals surface area contributed by atoms with Crippen molar-refractivity contribution in [2.24, 2.45) is 0 Å². The Morgan fingerprint density at radius 3 is 1.70 bits per heavy atom. The summed E-state index contributed by atoms with van der Waals surface area (Å²) in [7, 11) is -4.58. The number of aromatic nitrogens is 1. The van der Waals surface area contributed by atoms with Crippen molar-refractivity contribution in [3.05, 3.63) is 200 Å². The van der Waals surface area contributed by atoms with Crippen molar-refractivity contribution in [3.8, 4) is 27.9 Å². The number of rotatable bonds is 6. The van der Waals surface area contributed by atoms with Gasteiger partial charge in [0.25, 0.3) is 0 Å². The lowest BCUT2D eigenvalue weighted by atomic mass is 9.99. The molecular weight excluding hydrogens is 671 g/mol. The molecule has 8 aromatic carbocycles.